The van der Waals surface area contributed by atoms with E-state index in [0.29, 0.717) is 6.42 Å². The zero-order valence-electron chi connectivity index (χ0n) is 10.6. The number of ether oxygens (including phenoxy) is 1. The average molecular weight is 350 g/mol. The van der Waals surface area contributed by atoms with Crippen LogP contribution in [0.15, 0.2) is 16.6 Å². The molecule has 1 N–H and O–H groups in total. The molecule has 0 fully saturated rings. The molecule has 20 heavy (non-hydrogen) atoms. The Kier molecular flexibility index (Phi) is 5.87. The van der Waals surface area contributed by atoms with Crippen LogP contribution in [0.3, 0.4) is 0 Å². The number of carboxylic acids is 1. The summed E-state index contributed by atoms with van der Waals surface area (Å²) < 4.78 is 18.4. The largest absolute Gasteiger partial charge is 0.479 e. The lowest BCUT2D eigenvalue weighted by molar-refractivity contribution is -0.386. The van der Waals surface area contributed by atoms with E-state index in [1.807, 2.05) is 6.92 Å². The van der Waals surface area contributed by atoms with Gasteiger partial charge in [0.25, 0.3) is 0 Å². The van der Waals surface area contributed by atoms with E-state index < -0.39 is 28.5 Å². The molecule has 8 heteroatoms. The fourth-order valence-corrected chi connectivity index (χ4v) is 1.86. The third-order valence-corrected chi connectivity index (χ3v) is 3.17. The number of aliphatic carboxylic acids is 1. The van der Waals surface area contributed by atoms with E-state index in [2.05, 4.69) is 15.9 Å². The van der Waals surface area contributed by atoms with Crippen molar-refractivity contribution in [3.63, 3.8) is 0 Å². The molecule has 0 aliphatic rings. The van der Waals surface area contributed by atoms with Crippen LogP contribution in [0, 0.1) is 15.9 Å². The van der Waals surface area contributed by atoms with E-state index in [9.17, 15) is 19.3 Å². The first-order valence-electron chi connectivity index (χ1n) is 5.89. The molecule has 0 bridgehead atoms. The van der Waals surface area contributed by atoms with Gasteiger partial charge in [0.1, 0.15) is 5.82 Å². The average Bonchev–Trinajstić information content (AvgIpc) is 2.37. The van der Waals surface area contributed by atoms with Crippen molar-refractivity contribution in [3.8, 4) is 5.75 Å². The highest BCUT2D eigenvalue weighted by Crippen LogP contribution is 2.33. The molecule has 0 aromatic heterocycles. The van der Waals surface area contributed by atoms with Gasteiger partial charge in [-0.15, -0.1) is 0 Å². The molecule has 1 aromatic carbocycles. The molecular weight excluding hydrogens is 337 g/mol. The monoisotopic (exact) mass is 349 g/mol. The van der Waals surface area contributed by atoms with E-state index in [0.717, 1.165) is 18.6 Å². The Morgan fingerprint density at radius 3 is 2.75 bits per heavy atom. The van der Waals surface area contributed by atoms with Crippen molar-refractivity contribution in [1.82, 2.24) is 0 Å². The molecule has 0 saturated heterocycles. The van der Waals surface area contributed by atoms with Crippen LogP contribution in [-0.2, 0) is 4.79 Å². The van der Waals surface area contributed by atoms with Crippen LogP contribution in [0.25, 0.3) is 0 Å². The van der Waals surface area contributed by atoms with Crippen LogP contribution in [0.2, 0.25) is 0 Å². The highest BCUT2D eigenvalue weighted by molar-refractivity contribution is 9.10. The maximum absolute atomic E-state index is 13.4. The number of carbonyl (C=O) groups is 1. The SMILES string of the molecule is CCCCC(Oc1cc(F)c(Br)cc1[N+](=O)[O-])C(=O)O. The van der Waals surface area contributed by atoms with Crippen LogP contribution in [0.4, 0.5) is 10.1 Å². The number of halogens is 2. The topological polar surface area (TPSA) is 89.7 Å². The number of nitro benzene ring substituents is 1. The minimum Gasteiger partial charge on any atom is -0.479 e. The van der Waals surface area contributed by atoms with Gasteiger partial charge in [-0.2, -0.15) is 0 Å². The predicted molar refractivity (Wildman–Crippen MR) is 72.3 cm³/mol. The minimum atomic E-state index is -1.24. The Morgan fingerprint density at radius 2 is 2.25 bits per heavy atom. The number of nitrogens with zero attached hydrogens (tertiary/aromatic N) is 1. The van der Waals surface area contributed by atoms with Gasteiger partial charge >= 0.3 is 11.7 Å². The van der Waals surface area contributed by atoms with Crippen molar-refractivity contribution < 1.29 is 24.0 Å². The first-order valence-corrected chi connectivity index (χ1v) is 6.69. The normalized spacial score (nSPS) is 11.9. The Morgan fingerprint density at radius 1 is 1.60 bits per heavy atom. The highest BCUT2D eigenvalue weighted by Gasteiger charge is 2.25. The molecule has 0 spiro atoms. The fourth-order valence-electron chi connectivity index (χ4n) is 1.53. The van der Waals surface area contributed by atoms with Crippen molar-refractivity contribution in [2.45, 2.75) is 32.3 Å². The molecule has 0 aliphatic heterocycles. The summed E-state index contributed by atoms with van der Waals surface area (Å²) >= 11 is 2.83. The van der Waals surface area contributed by atoms with Crippen LogP contribution in [0.1, 0.15) is 26.2 Å². The van der Waals surface area contributed by atoms with Crippen LogP contribution < -0.4 is 4.74 Å². The Labute approximate surface area is 122 Å². The minimum absolute atomic E-state index is 0.0861. The van der Waals surface area contributed by atoms with E-state index in [4.69, 9.17) is 9.84 Å². The summed E-state index contributed by atoms with van der Waals surface area (Å²) in [5, 5.41) is 19.9. The predicted octanol–water partition coefficient (Wildman–Crippen LogP) is 3.52. The number of hydrogen-bond acceptors (Lipinski definition) is 4. The Balaban J connectivity index is 3.07. The van der Waals surface area contributed by atoms with Gasteiger partial charge in [-0.1, -0.05) is 13.3 Å². The molecule has 110 valence electrons. The number of benzene rings is 1. The number of rotatable bonds is 7. The molecule has 1 aromatic rings. The summed E-state index contributed by atoms with van der Waals surface area (Å²) in [7, 11) is 0. The van der Waals surface area contributed by atoms with E-state index in [-0.39, 0.29) is 16.6 Å². The van der Waals surface area contributed by atoms with Gasteiger partial charge in [0.15, 0.2) is 6.10 Å². The van der Waals surface area contributed by atoms with E-state index in [1.165, 1.54) is 0 Å². The summed E-state index contributed by atoms with van der Waals surface area (Å²) in [6, 6.07) is 1.76. The zero-order chi connectivity index (χ0) is 15.3. The van der Waals surface area contributed by atoms with Crippen molar-refractivity contribution in [2.75, 3.05) is 0 Å². The van der Waals surface area contributed by atoms with Crippen LogP contribution >= 0.6 is 15.9 Å². The maximum atomic E-state index is 13.4. The van der Waals surface area contributed by atoms with Gasteiger partial charge in [-0.3, -0.25) is 10.1 Å². The van der Waals surface area contributed by atoms with Gasteiger partial charge in [0, 0.05) is 12.1 Å². The third kappa shape index (κ3) is 4.16. The summed E-state index contributed by atoms with van der Waals surface area (Å²) in [6.07, 6.45) is 0.295. The summed E-state index contributed by atoms with van der Waals surface area (Å²) in [5.41, 5.74) is -0.485. The molecule has 0 amide bonds. The molecule has 0 saturated carbocycles. The van der Waals surface area contributed by atoms with Gasteiger partial charge < -0.3 is 9.84 Å². The molecule has 0 radical (unpaired) electrons. The number of unbranched alkanes of at least 4 members (excludes halogenated alkanes) is 1. The van der Waals surface area contributed by atoms with Crippen LogP contribution in [0.5, 0.6) is 5.75 Å². The Hall–Kier alpha value is -1.70. The summed E-state index contributed by atoms with van der Waals surface area (Å²) in [5.74, 6) is -2.39. The summed E-state index contributed by atoms with van der Waals surface area (Å²) in [4.78, 5) is 21.2. The maximum Gasteiger partial charge on any atom is 0.344 e. The van der Waals surface area contributed by atoms with Gasteiger partial charge in [-0.05, 0) is 28.8 Å². The van der Waals surface area contributed by atoms with Gasteiger partial charge in [0.05, 0.1) is 9.40 Å². The molecule has 6 nitrogen and oxygen atoms in total. The lowest BCUT2D eigenvalue weighted by Crippen LogP contribution is -2.27. The molecule has 0 heterocycles. The molecular formula is C12H13BrFNO5. The number of carboxylic acid groups (broad SMARTS) is 1. The molecule has 1 atom stereocenters. The lowest BCUT2D eigenvalue weighted by Gasteiger charge is -2.15. The highest BCUT2D eigenvalue weighted by atomic mass is 79.9. The second-order valence-corrected chi connectivity index (χ2v) is 4.93. The van der Waals surface area contributed by atoms with E-state index in [1.54, 1.807) is 0 Å². The zero-order valence-corrected chi connectivity index (χ0v) is 12.2. The lowest BCUT2D eigenvalue weighted by atomic mass is 10.1. The van der Waals surface area contributed by atoms with Crippen molar-refractivity contribution in [3.05, 3.63) is 32.5 Å². The second kappa shape index (κ2) is 7.18. The first-order chi connectivity index (χ1) is 9.36. The second-order valence-electron chi connectivity index (χ2n) is 4.08. The molecule has 0 aliphatic carbocycles. The quantitative estimate of drug-likeness (QED) is 0.600. The smallest absolute Gasteiger partial charge is 0.344 e. The standard InChI is InChI=1S/C12H13BrFNO5/c1-2-3-4-10(12(16)17)20-11-6-8(14)7(13)5-9(11)15(18)19/h5-6,10H,2-4H2,1H3,(H,16,17). The molecule has 1 rings (SSSR count). The van der Waals surface area contributed by atoms with Gasteiger partial charge in [0.2, 0.25) is 5.75 Å². The molecule has 1 unspecified atom stereocenters. The van der Waals surface area contributed by atoms with Gasteiger partial charge in [-0.25, -0.2) is 9.18 Å². The summed E-state index contributed by atoms with van der Waals surface area (Å²) in [6.45, 7) is 1.88. The first kappa shape index (κ1) is 16.4. The van der Waals surface area contributed by atoms with Crippen LogP contribution in [-0.4, -0.2) is 22.1 Å². The van der Waals surface area contributed by atoms with Crippen molar-refractivity contribution in [1.29, 1.82) is 0 Å². The number of hydrogen-bond donors (Lipinski definition) is 1. The van der Waals surface area contributed by atoms with Crippen molar-refractivity contribution in [2.24, 2.45) is 0 Å². The third-order valence-electron chi connectivity index (χ3n) is 2.56. The fraction of sp³-hybridized carbons (Fsp3) is 0.417. The number of nitro groups is 1. The van der Waals surface area contributed by atoms with E-state index >= 15 is 0 Å². The Bertz CT molecular complexity index is 523. The van der Waals surface area contributed by atoms with Crippen molar-refractivity contribution >= 4 is 27.6 Å².